The molecule has 0 aliphatic heterocycles. The number of nitrogens with zero attached hydrogens (tertiary/aromatic N) is 1. The van der Waals surface area contributed by atoms with E-state index in [1.54, 1.807) is 11.6 Å². The Labute approximate surface area is 108 Å². The first-order chi connectivity index (χ1) is 8.26. The van der Waals surface area contributed by atoms with Crippen LogP contribution in [0.15, 0.2) is 17.2 Å². The molecule has 0 amide bonds. The minimum absolute atomic E-state index is 0.165. The zero-order valence-corrected chi connectivity index (χ0v) is 11.8. The number of hydrogen-bond donors (Lipinski definition) is 2. The van der Waals surface area contributed by atoms with Crippen molar-refractivity contribution in [1.82, 2.24) is 9.29 Å². The molecule has 1 fully saturated rings. The molecule has 5 nitrogen and oxygen atoms in total. The third kappa shape index (κ3) is 2.60. The van der Waals surface area contributed by atoms with Crippen molar-refractivity contribution < 1.29 is 13.5 Å². The van der Waals surface area contributed by atoms with Crippen molar-refractivity contribution in [2.45, 2.75) is 31.8 Å². The van der Waals surface area contributed by atoms with Gasteiger partial charge in [0, 0.05) is 25.5 Å². The second-order valence-corrected chi connectivity index (χ2v) is 7.44. The second kappa shape index (κ2) is 4.36. The summed E-state index contributed by atoms with van der Waals surface area (Å²) < 4.78 is 28.4. The molecule has 6 heteroatoms. The van der Waals surface area contributed by atoms with Gasteiger partial charge in [-0.15, -0.1) is 0 Å². The Balaban J connectivity index is 2.06. The predicted molar refractivity (Wildman–Crippen MR) is 68.4 cm³/mol. The molecule has 1 aromatic rings. The fourth-order valence-electron chi connectivity index (χ4n) is 2.10. The van der Waals surface area contributed by atoms with Crippen LogP contribution in [0, 0.1) is 11.3 Å². The molecule has 102 valence electrons. The van der Waals surface area contributed by atoms with E-state index in [9.17, 15) is 8.42 Å². The molecule has 0 saturated heterocycles. The molecule has 18 heavy (non-hydrogen) atoms. The topological polar surface area (TPSA) is 71.3 Å². The van der Waals surface area contributed by atoms with E-state index < -0.39 is 10.0 Å². The van der Waals surface area contributed by atoms with Crippen LogP contribution >= 0.6 is 0 Å². The third-order valence-corrected chi connectivity index (χ3v) is 5.18. The predicted octanol–water partition coefficient (Wildman–Crippen LogP) is 0.842. The zero-order chi connectivity index (χ0) is 13.6. The molecule has 0 spiro atoms. The quantitative estimate of drug-likeness (QED) is 0.834. The van der Waals surface area contributed by atoms with Gasteiger partial charge in [0.25, 0.3) is 0 Å². The molecule has 1 heterocycles. The molecule has 1 atom stereocenters. The first kappa shape index (κ1) is 13.6. The maximum absolute atomic E-state index is 12.1. The summed E-state index contributed by atoms with van der Waals surface area (Å²) in [4.78, 5) is 0.215. The minimum Gasteiger partial charge on any atom is -0.390 e. The highest BCUT2D eigenvalue weighted by Crippen LogP contribution is 2.51. The third-order valence-electron chi connectivity index (χ3n) is 3.79. The molecule has 2 N–H and O–H groups in total. The Morgan fingerprint density at radius 2 is 2.17 bits per heavy atom. The van der Waals surface area contributed by atoms with E-state index in [1.165, 1.54) is 12.3 Å². The number of hydrogen-bond acceptors (Lipinski definition) is 3. The number of aromatic nitrogens is 1. The number of sulfonamides is 1. The van der Waals surface area contributed by atoms with Crippen LogP contribution in [0.2, 0.25) is 0 Å². The largest absolute Gasteiger partial charge is 0.390 e. The van der Waals surface area contributed by atoms with Crippen molar-refractivity contribution in [2.75, 3.05) is 6.54 Å². The van der Waals surface area contributed by atoms with E-state index in [2.05, 4.69) is 18.6 Å². The lowest BCUT2D eigenvalue weighted by atomic mass is 10.1. The van der Waals surface area contributed by atoms with Crippen molar-refractivity contribution in [3.05, 3.63) is 18.0 Å². The Kier molecular flexibility index (Phi) is 3.29. The van der Waals surface area contributed by atoms with Crippen molar-refractivity contribution in [3.8, 4) is 0 Å². The number of rotatable bonds is 5. The Morgan fingerprint density at radius 1 is 1.56 bits per heavy atom. The average Bonchev–Trinajstić information content (AvgIpc) is 2.70. The fourth-order valence-corrected chi connectivity index (χ4v) is 3.27. The van der Waals surface area contributed by atoms with Crippen LogP contribution in [0.3, 0.4) is 0 Å². The minimum atomic E-state index is -3.46. The first-order valence-corrected chi connectivity index (χ1v) is 7.50. The van der Waals surface area contributed by atoms with Gasteiger partial charge in [0.05, 0.1) is 11.5 Å². The van der Waals surface area contributed by atoms with Gasteiger partial charge in [-0.3, -0.25) is 0 Å². The SMILES string of the molecule is Cn1cc(S(=O)(=O)NCC2CC2(C)C)cc1CO. The van der Waals surface area contributed by atoms with Crippen LogP contribution < -0.4 is 4.72 Å². The standard InChI is InChI=1S/C12H20N2O3S/c1-12(2)5-9(12)6-13-18(16,17)11-4-10(8-15)14(3)7-11/h4,7,9,13,15H,5-6,8H2,1-3H3. The van der Waals surface area contributed by atoms with E-state index >= 15 is 0 Å². The summed E-state index contributed by atoms with van der Waals surface area (Å²) in [6, 6.07) is 1.50. The summed E-state index contributed by atoms with van der Waals surface area (Å²) in [5.74, 6) is 0.424. The molecular weight excluding hydrogens is 252 g/mol. The highest BCUT2D eigenvalue weighted by molar-refractivity contribution is 7.89. The van der Waals surface area contributed by atoms with E-state index in [0.717, 1.165) is 6.42 Å². The molecule has 1 aliphatic rings. The van der Waals surface area contributed by atoms with Gasteiger partial charge in [0.2, 0.25) is 10.0 Å². The van der Waals surface area contributed by atoms with Crippen LogP contribution in [0.25, 0.3) is 0 Å². The summed E-state index contributed by atoms with van der Waals surface area (Å²) in [6.07, 6.45) is 2.58. The summed E-state index contributed by atoms with van der Waals surface area (Å²) in [5.41, 5.74) is 0.845. The monoisotopic (exact) mass is 272 g/mol. The van der Waals surface area contributed by atoms with Gasteiger partial charge in [-0.1, -0.05) is 13.8 Å². The van der Waals surface area contributed by atoms with Crippen LogP contribution in [-0.2, 0) is 23.7 Å². The molecule has 1 aliphatic carbocycles. The van der Waals surface area contributed by atoms with Gasteiger partial charge in [-0.25, -0.2) is 13.1 Å². The van der Waals surface area contributed by atoms with Crippen LogP contribution in [0.1, 0.15) is 26.0 Å². The van der Waals surface area contributed by atoms with Crippen molar-refractivity contribution in [2.24, 2.45) is 18.4 Å². The Morgan fingerprint density at radius 3 is 2.61 bits per heavy atom. The van der Waals surface area contributed by atoms with E-state index in [1.807, 2.05) is 0 Å². The molecule has 1 unspecified atom stereocenters. The normalized spacial score (nSPS) is 22.1. The molecule has 0 aromatic carbocycles. The number of nitrogens with one attached hydrogen (secondary N) is 1. The lowest BCUT2D eigenvalue weighted by Gasteiger charge is -2.06. The number of aliphatic hydroxyl groups is 1. The Bertz CT molecular complexity index is 546. The lowest BCUT2D eigenvalue weighted by molar-refractivity contribution is 0.272. The van der Waals surface area contributed by atoms with Gasteiger partial charge >= 0.3 is 0 Å². The molecule has 1 saturated carbocycles. The molecule has 0 bridgehead atoms. The molecule has 0 radical (unpaired) electrons. The number of aryl methyl sites for hydroxylation is 1. The van der Waals surface area contributed by atoms with Gasteiger partial charge in [-0.2, -0.15) is 0 Å². The first-order valence-electron chi connectivity index (χ1n) is 6.02. The van der Waals surface area contributed by atoms with Crippen molar-refractivity contribution in [1.29, 1.82) is 0 Å². The Hall–Kier alpha value is -0.850. The summed E-state index contributed by atoms with van der Waals surface area (Å²) in [5, 5.41) is 9.06. The van der Waals surface area contributed by atoms with Crippen LogP contribution in [0.5, 0.6) is 0 Å². The molecular formula is C12H20N2O3S. The van der Waals surface area contributed by atoms with E-state index in [-0.39, 0.29) is 16.9 Å². The fraction of sp³-hybridized carbons (Fsp3) is 0.667. The van der Waals surface area contributed by atoms with E-state index in [4.69, 9.17) is 5.11 Å². The van der Waals surface area contributed by atoms with Crippen LogP contribution in [-0.4, -0.2) is 24.6 Å². The summed E-state index contributed by atoms with van der Waals surface area (Å²) in [6.45, 7) is 4.59. The maximum atomic E-state index is 12.1. The second-order valence-electron chi connectivity index (χ2n) is 5.68. The highest BCUT2D eigenvalue weighted by atomic mass is 32.2. The van der Waals surface area contributed by atoms with Crippen molar-refractivity contribution >= 4 is 10.0 Å². The van der Waals surface area contributed by atoms with E-state index in [0.29, 0.717) is 18.2 Å². The highest BCUT2D eigenvalue weighted by Gasteiger charge is 2.45. The average molecular weight is 272 g/mol. The smallest absolute Gasteiger partial charge is 0.242 e. The zero-order valence-electron chi connectivity index (χ0n) is 11.0. The van der Waals surface area contributed by atoms with Crippen LogP contribution in [0.4, 0.5) is 0 Å². The van der Waals surface area contributed by atoms with Gasteiger partial charge in [0.15, 0.2) is 0 Å². The molecule has 1 aromatic heterocycles. The lowest BCUT2D eigenvalue weighted by Crippen LogP contribution is -2.26. The van der Waals surface area contributed by atoms with Crippen molar-refractivity contribution in [3.63, 3.8) is 0 Å². The maximum Gasteiger partial charge on any atom is 0.242 e. The summed E-state index contributed by atoms with van der Waals surface area (Å²) in [7, 11) is -1.74. The summed E-state index contributed by atoms with van der Waals surface area (Å²) >= 11 is 0. The van der Waals surface area contributed by atoms with Gasteiger partial charge in [-0.05, 0) is 23.8 Å². The molecule has 2 rings (SSSR count). The van der Waals surface area contributed by atoms with Gasteiger partial charge in [0.1, 0.15) is 0 Å². The number of aliphatic hydroxyl groups excluding tert-OH is 1. The van der Waals surface area contributed by atoms with Gasteiger partial charge < -0.3 is 9.67 Å².